The van der Waals surface area contributed by atoms with Gasteiger partial charge in [-0.25, -0.2) is 0 Å². The average Bonchev–Trinajstić information content (AvgIpc) is 3.21. The number of nitrogens with zero attached hydrogens (tertiary/aromatic N) is 4. The van der Waals surface area contributed by atoms with E-state index in [0.29, 0.717) is 29.0 Å². The molecule has 3 heterocycles. The monoisotopic (exact) mass is 397 g/mol. The Morgan fingerprint density at radius 3 is 2.68 bits per heavy atom. The molecular formula is C20H20ClN5O2. The smallest absolute Gasteiger partial charge is 0.238 e. The molecule has 8 heteroatoms. The number of pyridine rings is 1. The van der Waals surface area contributed by atoms with Gasteiger partial charge in [0.05, 0.1) is 17.3 Å². The number of hydrogen-bond acceptors (Lipinski definition) is 6. The first-order valence-electron chi connectivity index (χ1n) is 9.20. The van der Waals surface area contributed by atoms with Crippen LogP contribution in [0.1, 0.15) is 24.7 Å². The van der Waals surface area contributed by atoms with E-state index in [1.807, 2.05) is 24.3 Å². The van der Waals surface area contributed by atoms with E-state index in [1.54, 1.807) is 24.5 Å². The van der Waals surface area contributed by atoms with Gasteiger partial charge in [0.15, 0.2) is 0 Å². The van der Waals surface area contributed by atoms with Gasteiger partial charge in [-0.15, -0.1) is 0 Å². The molecule has 1 N–H and O–H groups in total. The Hall–Kier alpha value is -2.77. The van der Waals surface area contributed by atoms with Crippen molar-refractivity contribution in [3.63, 3.8) is 0 Å². The number of carbonyl (C=O) groups excluding carboxylic acids is 1. The Bertz CT molecular complexity index is 939. The van der Waals surface area contributed by atoms with Gasteiger partial charge in [-0.3, -0.25) is 14.7 Å². The van der Waals surface area contributed by atoms with Crippen molar-refractivity contribution in [3.8, 4) is 11.4 Å². The summed E-state index contributed by atoms with van der Waals surface area (Å²) >= 11 is 6.09. The third-order valence-corrected chi connectivity index (χ3v) is 5.16. The van der Waals surface area contributed by atoms with E-state index in [9.17, 15) is 4.79 Å². The largest absolute Gasteiger partial charge is 0.339 e. The summed E-state index contributed by atoms with van der Waals surface area (Å²) in [7, 11) is 0. The number of para-hydroxylation sites is 1. The summed E-state index contributed by atoms with van der Waals surface area (Å²) in [6.07, 6.45) is 5.16. The summed E-state index contributed by atoms with van der Waals surface area (Å²) in [6.45, 7) is 1.94. The molecule has 1 aliphatic heterocycles. The van der Waals surface area contributed by atoms with Crippen molar-refractivity contribution in [3.05, 3.63) is 59.7 Å². The van der Waals surface area contributed by atoms with Crippen LogP contribution in [0.15, 0.2) is 53.3 Å². The first-order valence-corrected chi connectivity index (χ1v) is 9.57. The Balaban J connectivity index is 1.30. The van der Waals surface area contributed by atoms with Crippen LogP contribution in [0.2, 0.25) is 5.02 Å². The number of anilines is 1. The van der Waals surface area contributed by atoms with Crippen LogP contribution in [-0.4, -0.2) is 45.6 Å². The van der Waals surface area contributed by atoms with Crippen LogP contribution in [0.25, 0.3) is 11.4 Å². The van der Waals surface area contributed by atoms with Crippen LogP contribution in [0.5, 0.6) is 0 Å². The standard InChI is InChI=1S/C20H20ClN5O2/c21-16-3-1-2-4-17(16)23-18(27)13-26-11-7-15(8-12-26)20-24-19(25-28-20)14-5-9-22-10-6-14/h1-6,9-10,15H,7-8,11-13H2,(H,23,27). The number of amides is 1. The number of rotatable bonds is 5. The molecular weight excluding hydrogens is 378 g/mol. The lowest BCUT2D eigenvalue weighted by atomic mass is 9.97. The van der Waals surface area contributed by atoms with Gasteiger partial charge >= 0.3 is 0 Å². The topological polar surface area (TPSA) is 84.2 Å². The molecule has 3 aromatic rings. The summed E-state index contributed by atoms with van der Waals surface area (Å²) in [5.74, 6) is 1.39. The van der Waals surface area contributed by atoms with Gasteiger partial charge in [0, 0.05) is 23.9 Å². The Labute approximate surface area is 167 Å². The van der Waals surface area contributed by atoms with Crippen molar-refractivity contribution in [2.75, 3.05) is 25.0 Å². The molecule has 4 rings (SSSR count). The molecule has 2 aromatic heterocycles. The zero-order valence-corrected chi connectivity index (χ0v) is 16.0. The van der Waals surface area contributed by atoms with E-state index in [4.69, 9.17) is 16.1 Å². The SMILES string of the molecule is O=C(CN1CCC(c2nc(-c3ccncc3)no2)CC1)Nc1ccccc1Cl. The minimum Gasteiger partial charge on any atom is -0.339 e. The van der Waals surface area contributed by atoms with Gasteiger partial charge in [0.1, 0.15) is 0 Å². The highest BCUT2D eigenvalue weighted by molar-refractivity contribution is 6.33. The zero-order chi connectivity index (χ0) is 19.3. The highest BCUT2D eigenvalue weighted by atomic mass is 35.5. The Kier molecular flexibility index (Phi) is 5.64. The van der Waals surface area contributed by atoms with Crippen molar-refractivity contribution in [1.82, 2.24) is 20.0 Å². The van der Waals surface area contributed by atoms with E-state index < -0.39 is 0 Å². The third-order valence-electron chi connectivity index (χ3n) is 4.83. The predicted octanol–water partition coefficient (Wildman–Crippen LogP) is 3.60. The van der Waals surface area contributed by atoms with E-state index in [2.05, 4.69) is 25.3 Å². The minimum absolute atomic E-state index is 0.0655. The van der Waals surface area contributed by atoms with E-state index >= 15 is 0 Å². The summed E-state index contributed by atoms with van der Waals surface area (Å²) in [4.78, 5) is 23.0. The van der Waals surface area contributed by atoms with Gasteiger partial charge in [0.2, 0.25) is 17.6 Å². The molecule has 0 spiro atoms. The Morgan fingerprint density at radius 1 is 1.18 bits per heavy atom. The summed E-state index contributed by atoms with van der Waals surface area (Å²) < 4.78 is 5.47. The first-order chi connectivity index (χ1) is 13.7. The number of aromatic nitrogens is 3. The normalized spacial score (nSPS) is 15.5. The molecule has 0 aliphatic carbocycles. The van der Waals surface area contributed by atoms with Crippen LogP contribution < -0.4 is 5.32 Å². The molecule has 0 unspecified atom stereocenters. The maximum atomic E-state index is 12.3. The zero-order valence-electron chi connectivity index (χ0n) is 15.2. The lowest BCUT2D eigenvalue weighted by Gasteiger charge is -2.29. The van der Waals surface area contributed by atoms with Crippen molar-refractivity contribution >= 4 is 23.2 Å². The highest BCUT2D eigenvalue weighted by Crippen LogP contribution is 2.28. The van der Waals surface area contributed by atoms with Gasteiger partial charge in [-0.2, -0.15) is 4.98 Å². The van der Waals surface area contributed by atoms with Crippen LogP contribution in [-0.2, 0) is 4.79 Å². The fourth-order valence-electron chi connectivity index (χ4n) is 3.31. The van der Waals surface area contributed by atoms with Crippen LogP contribution in [0.4, 0.5) is 5.69 Å². The number of likely N-dealkylation sites (tertiary alicyclic amines) is 1. The van der Waals surface area contributed by atoms with Gasteiger partial charge < -0.3 is 9.84 Å². The maximum absolute atomic E-state index is 12.3. The van der Waals surface area contributed by atoms with E-state index in [-0.39, 0.29) is 11.8 Å². The highest BCUT2D eigenvalue weighted by Gasteiger charge is 2.26. The van der Waals surface area contributed by atoms with Crippen molar-refractivity contribution in [1.29, 1.82) is 0 Å². The lowest BCUT2D eigenvalue weighted by Crippen LogP contribution is -2.38. The second-order valence-electron chi connectivity index (χ2n) is 6.77. The number of piperidine rings is 1. The molecule has 1 saturated heterocycles. The quantitative estimate of drug-likeness (QED) is 0.708. The number of nitrogens with one attached hydrogen (secondary N) is 1. The molecule has 1 aromatic carbocycles. The number of halogens is 1. The van der Waals surface area contributed by atoms with Crippen molar-refractivity contribution in [2.45, 2.75) is 18.8 Å². The number of carbonyl (C=O) groups is 1. The fourth-order valence-corrected chi connectivity index (χ4v) is 3.50. The van der Waals surface area contributed by atoms with Crippen LogP contribution in [0, 0.1) is 0 Å². The summed E-state index contributed by atoms with van der Waals surface area (Å²) in [5.41, 5.74) is 1.53. The maximum Gasteiger partial charge on any atom is 0.238 e. The molecule has 0 saturated carbocycles. The average molecular weight is 398 g/mol. The number of benzene rings is 1. The lowest BCUT2D eigenvalue weighted by molar-refractivity contribution is -0.117. The second kappa shape index (κ2) is 8.50. The summed E-state index contributed by atoms with van der Waals surface area (Å²) in [5, 5.41) is 7.48. The van der Waals surface area contributed by atoms with Crippen molar-refractivity contribution < 1.29 is 9.32 Å². The van der Waals surface area contributed by atoms with Crippen LogP contribution in [0.3, 0.4) is 0 Å². The van der Waals surface area contributed by atoms with Crippen molar-refractivity contribution in [2.24, 2.45) is 0 Å². The van der Waals surface area contributed by atoms with Gasteiger partial charge in [0.25, 0.3) is 0 Å². The molecule has 1 amide bonds. The molecule has 1 aliphatic rings. The molecule has 1 fully saturated rings. The molecule has 28 heavy (non-hydrogen) atoms. The fraction of sp³-hybridized carbons (Fsp3) is 0.300. The molecule has 0 bridgehead atoms. The second-order valence-corrected chi connectivity index (χ2v) is 7.18. The molecule has 0 atom stereocenters. The number of hydrogen-bond donors (Lipinski definition) is 1. The van der Waals surface area contributed by atoms with E-state index in [1.165, 1.54) is 0 Å². The minimum atomic E-state index is -0.0655. The molecule has 0 radical (unpaired) electrons. The van der Waals surface area contributed by atoms with Crippen LogP contribution >= 0.6 is 11.6 Å². The molecule has 7 nitrogen and oxygen atoms in total. The first kappa shape index (κ1) is 18.6. The van der Waals surface area contributed by atoms with Gasteiger partial charge in [-0.05, 0) is 50.2 Å². The summed E-state index contributed by atoms with van der Waals surface area (Å²) in [6, 6.07) is 10.9. The molecule has 144 valence electrons. The van der Waals surface area contributed by atoms with E-state index in [0.717, 1.165) is 31.5 Å². The Morgan fingerprint density at radius 2 is 1.93 bits per heavy atom. The predicted molar refractivity (Wildman–Crippen MR) is 106 cm³/mol. The van der Waals surface area contributed by atoms with Gasteiger partial charge in [-0.1, -0.05) is 28.9 Å². The third kappa shape index (κ3) is 4.37.